The van der Waals surface area contributed by atoms with Crippen LogP contribution in [0, 0.1) is 0 Å². The van der Waals surface area contributed by atoms with Crippen LogP contribution in [0.1, 0.15) is 20.4 Å². The quantitative estimate of drug-likeness (QED) is 0.842. The third kappa shape index (κ3) is 3.26. The highest BCUT2D eigenvalue weighted by atomic mass is 32.1. The predicted octanol–water partition coefficient (Wildman–Crippen LogP) is 1.25. The molecule has 23 heavy (non-hydrogen) atoms. The Morgan fingerprint density at radius 1 is 1.30 bits per heavy atom. The number of hydrogen-bond acceptors (Lipinski definition) is 7. The summed E-state index contributed by atoms with van der Waals surface area (Å²) in [5.74, 6) is 1.39. The van der Waals surface area contributed by atoms with Gasteiger partial charge in [0.15, 0.2) is 5.01 Å². The summed E-state index contributed by atoms with van der Waals surface area (Å²) in [5, 5.41) is 0.581. The highest BCUT2D eigenvalue weighted by Gasteiger charge is 2.22. The Hall–Kier alpha value is -2.22. The SMILES string of the molecule is COc1cc(N2CCc3nc(C(=O)N(C)C)sc3CC2)ncn1. The number of fused-ring (bicyclic) bond motifs is 1. The van der Waals surface area contributed by atoms with E-state index in [-0.39, 0.29) is 5.91 Å². The van der Waals surface area contributed by atoms with Crippen LogP contribution >= 0.6 is 11.3 Å². The number of amides is 1. The molecule has 1 amide bonds. The first-order valence-electron chi connectivity index (χ1n) is 7.39. The standard InChI is InChI=1S/C15H19N5O2S/c1-19(2)15(21)14-18-10-4-6-20(7-5-11(10)23-14)12-8-13(22-3)17-9-16-12/h8-9H,4-7H2,1-3H3. The van der Waals surface area contributed by atoms with E-state index in [1.807, 2.05) is 6.07 Å². The molecular weight excluding hydrogens is 314 g/mol. The van der Waals surface area contributed by atoms with Crippen molar-refractivity contribution in [1.29, 1.82) is 0 Å². The fourth-order valence-electron chi connectivity index (χ4n) is 2.49. The Balaban J connectivity index is 1.76. The highest BCUT2D eigenvalue weighted by molar-refractivity contribution is 7.13. The number of methoxy groups -OCH3 is 1. The molecule has 7 nitrogen and oxygen atoms in total. The molecule has 0 radical (unpaired) electrons. The van der Waals surface area contributed by atoms with Gasteiger partial charge in [-0.3, -0.25) is 4.79 Å². The summed E-state index contributed by atoms with van der Waals surface area (Å²) in [5.41, 5.74) is 1.03. The molecule has 3 heterocycles. The number of nitrogens with zero attached hydrogens (tertiary/aromatic N) is 5. The average molecular weight is 333 g/mol. The maximum atomic E-state index is 12.0. The van der Waals surface area contributed by atoms with Crippen molar-refractivity contribution < 1.29 is 9.53 Å². The third-order valence-electron chi connectivity index (χ3n) is 3.76. The van der Waals surface area contributed by atoms with Gasteiger partial charge in [0.05, 0.1) is 12.8 Å². The maximum absolute atomic E-state index is 12.0. The number of aromatic nitrogens is 3. The molecule has 0 N–H and O–H groups in total. The van der Waals surface area contributed by atoms with E-state index < -0.39 is 0 Å². The second-order valence-corrected chi connectivity index (χ2v) is 6.58. The molecule has 0 saturated carbocycles. The second kappa shape index (κ2) is 6.49. The molecule has 0 spiro atoms. The summed E-state index contributed by atoms with van der Waals surface area (Å²) in [6, 6.07) is 1.84. The fourth-order valence-corrected chi connectivity index (χ4v) is 3.61. The van der Waals surface area contributed by atoms with Gasteiger partial charge in [-0.15, -0.1) is 11.3 Å². The first kappa shape index (κ1) is 15.7. The zero-order valence-corrected chi connectivity index (χ0v) is 14.3. The number of carbonyl (C=O) groups excluding carboxylic acids is 1. The van der Waals surface area contributed by atoms with Crippen molar-refractivity contribution in [3.05, 3.63) is 28.0 Å². The Labute approximate surface area is 138 Å². The molecule has 0 aromatic carbocycles. The van der Waals surface area contributed by atoms with Gasteiger partial charge in [-0.1, -0.05) is 0 Å². The molecule has 1 aliphatic heterocycles. The van der Waals surface area contributed by atoms with Crippen LogP contribution in [0.15, 0.2) is 12.4 Å². The van der Waals surface area contributed by atoms with E-state index in [9.17, 15) is 4.79 Å². The lowest BCUT2D eigenvalue weighted by atomic mass is 10.2. The van der Waals surface area contributed by atoms with Crippen molar-refractivity contribution in [3.63, 3.8) is 0 Å². The number of ether oxygens (including phenoxy) is 1. The molecule has 0 unspecified atom stereocenters. The minimum Gasteiger partial charge on any atom is -0.481 e. The zero-order valence-electron chi connectivity index (χ0n) is 13.4. The molecule has 1 aliphatic rings. The van der Waals surface area contributed by atoms with Crippen LogP contribution in [0.4, 0.5) is 5.82 Å². The topological polar surface area (TPSA) is 71.5 Å². The molecule has 0 bridgehead atoms. The lowest BCUT2D eigenvalue weighted by Crippen LogP contribution is -2.27. The summed E-state index contributed by atoms with van der Waals surface area (Å²) in [7, 11) is 5.09. The Kier molecular flexibility index (Phi) is 4.42. The highest BCUT2D eigenvalue weighted by Crippen LogP contribution is 2.26. The number of carbonyl (C=O) groups is 1. The van der Waals surface area contributed by atoms with E-state index in [0.717, 1.165) is 37.4 Å². The van der Waals surface area contributed by atoms with Crippen LogP contribution in [0.3, 0.4) is 0 Å². The van der Waals surface area contributed by atoms with Gasteiger partial charge in [0.1, 0.15) is 12.1 Å². The molecule has 2 aromatic rings. The van der Waals surface area contributed by atoms with E-state index in [2.05, 4.69) is 19.9 Å². The fraction of sp³-hybridized carbons (Fsp3) is 0.467. The van der Waals surface area contributed by atoms with E-state index in [4.69, 9.17) is 4.74 Å². The third-order valence-corrected chi connectivity index (χ3v) is 4.90. The van der Waals surface area contributed by atoms with Gasteiger partial charge < -0.3 is 14.5 Å². The van der Waals surface area contributed by atoms with Gasteiger partial charge in [0.2, 0.25) is 5.88 Å². The van der Waals surface area contributed by atoms with E-state index in [1.165, 1.54) is 22.5 Å². The number of anilines is 1. The Bertz CT molecular complexity index is 690. The summed E-state index contributed by atoms with van der Waals surface area (Å²) >= 11 is 1.50. The number of thiazole rings is 1. The van der Waals surface area contributed by atoms with Gasteiger partial charge in [-0.05, 0) is 0 Å². The predicted molar refractivity (Wildman–Crippen MR) is 88.3 cm³/mol. The minimum absolute atomic E-state index is 0.0273. The second-order valence-electron chi connectivity index (χ2n) is 5.49. The average Bonchev–Trinajstić information content (AvgIpc) is 2.87. The van der Waals surface area contributed by atoms with Gasteiger partial charge in [0, 0.05) is 51.0 Å². The van der Waals surface area contributed by atoms with E-state index >= 15 is 0 Å². The Morgan fingerprint density at radius 3 is 2.83 bits per heavy atom. The first-order valence-corrected chi connectivity index (χ1v) is 8.21. The molecule has 122 valence electrons. The molecule has 0 saturated heterocycles. The van der Waals surface area contributed by atoms with Crippen molar-refractivity contribution in [2.24, 2.45) is 0 Å². The molecular formula is C15H19N5O2S. The van der Waals surface area contributed by atoms with Crippen molar-refractivity contribution in [3.8, 4) is 5.88 Å². The maximum Gasteiger partial charge on any atom is 0.282 e. The lowest BCUT2D eigenvalue weighted by Gasteiger charge is -2.21. The van der Waals surface area contributed by atoms with Crippen molar-refractivity contribution in [1.82, 2.24) is 19.9 Å². The van der Waals surface area contributed by atoms with Crippen LogP contribution in [0.2, 0.25) is 0 Å². The van der Waals surface area contributed by atoms with Crippen LogP contribution in [-0.4, -0.2) is 60.1 Å². The van der Waals surface area contributed by atoms with Crippen molar-refractivity contribution >= 4 is 23.1 Å². The van der Waals surface area contributed by atoms with Crippen LogP contribution in [0.25, 0.3) is 0 Å². The monoisotopic (exact) mass is 333 g/mol. The van der Waals surface area contributed by atoms with Crippen LogP contribution < -0.4 is 9.64 Å². The smallest absolute Gasteiger partial charge is 0.282 e. The zero-order chi connectivity index (χ0) is 16.4. The van der Waals surface area contributed by atoms with Gasteiger partial charge in [-0.2, -0.15) is 0 Å². The molecule has 8 heteroatoms. The van der Waals surface area contributed by atoms with Crippen molar-refractivity contribution in [2.75, 3.05) is 39.2 Å². The number of rotatable bonds is 3. The normalized spacial score (nSPS) is 14.1. The summed E-state index contributed by atoms with van der Waals surface area (Å²) in [4.78, 5) is 29.9. The molecule has 0 atom stereocenters. The van der Waals surface area contributed by atoms with Gasteiger partial charge >= 0.3 is 0 Å². The lowest BCUT2D eigenvalue weighted by molar-refractivity contribution is 0.0827. The largest absolute Gasteiger partial charge is 0.481 e. The van der Waals surface area contributed by atoms with Gasteiger partial charge in [0.25, 0.3) is 5.91 Å². The first-order chi connectivity index (χ1) is 11.1. The molecule has 0 aliphatic carbocycles. The summed E-state index contributed by atoms with van der Waals surface area (Å²) < 4.78 is 5.16. The van der Waals surface area contributed by atoms with Crippen molar-refractivity contribution in [2.45, 2.75) is 12.8 Å². The van der Waals surface area contributed by atoms with E-state index in [0.29, 0.717) is 10.9 Å². The minimum atomic E-state index is -0.0273. The molecule has 0 fully saturated rings. The molecule has 3 rings (SSSR count). The summed E-state index contributed by atoms with van der Waals surface area (Å²) in [6.07, 6.45) is 3.18. The van der Waals surface area contributed by atoms with Gasteiger partial charge in [-0.25, -0.2) is 15.0 Å². The van der Waals surface area contributed by atoms with E-state index in [1.54, 1.807) is 26.1 Å². The van der Waals surface area contributed by atoms with Crippen LogP contribution in [-0.2, 0) is 12.8 Å². The molecule has 2 aromatic heterocycles. The van der Waals surface area contributed by atoms with Crippen LogP contribution in [0.5, 0.6) is 5.88 Å². The number of hydrogen-bond donors (Lipinski definition) is 0. The summed E-state index contributed by atoms with van der Waals surface area (Å²) in [6.45, 7) is 1.65. The Morgan fingerprint density at radius 2 is 2.09 bits per heavy atom.